The normalized spacial score (nSPS) is 14.8. The van der Waals surface area contributed by atoms with E-state index in [2.05, 4.69) is 0 Å². The first kappa shape index (κ1) is 29.6. The van der Waals surface area contributed by atoms with Gasteiger partial charge in [0.05, 0.1) is 19.6 Å². The van der Waals surface area contributed by atoms with E-state index < -0.39 is 50.2 Å². The van der Waals surface area contributed by atoms with E-state index in [0.29, 0.717) is 26.4 Å². The molecule has 1 heterocycles. The van der Waals surface area contributed by atoms with E-state index in [1.54, 1.807) is 91.0 Å². The Kier molecular flexibility index (Phi) is 7.53. The largest absolute Gasteiger partial charge is 0.308 e. The van der Waals surface area contributed by atoms with E-state index in [4.69, 9.17) is 3.63 Å². The molecule has 220 valence electrons. The lowest BCUT2D eigenvalue weighted by Crippen LogP contribution is -2.18. The van der Waals surface area contributed by atoms with E-state index in [0.717, 1.165) is 6.07 Å². The fourth-order valence-electron chi connectivity index (χ4n) is 4.77. The summed E-state index contributed by atoms with van der Waals surface area (Å²) in [6, 6.07) is 34.0. The molecule has 13 heteroatoms. The van der Waals surface area contributed by atoms with Gasteiger partial charge in [-0.2, -0.15) is 16.8 Å². The summed E-state index contributed by atoms with van der Waals surface area (Å²) in [4.78, 5) is -0.541. The van der Waals surface area contributed by atoms with Crippen molar-refractivity contribution in [2.45, 2.75) is 44.1 Å². The van der Waals surface area contributed by atoms with E-state index in [1.165, 1.54) is 30.3 Å². The standard InChI is InChI=1S/C30H22O8S5/c31-41(32)25-18-10-20-27(42(33,34)35)29(25)39-30-26(41)19-11-21-28(30)43(36,37)38-40(22-12-4-1-5-13-22,23-14-6-2-7-15-23)24-16-8-3-9-17-24/h1-21H,(H,33,34,35). The predicted molar refractivity (Wildman–Crippen MR) is 162 cm³/mol. The van der Waals surface area contributed by atoms with Gasteiger partial charge in [0, 0.05) is 14.7 Å². The van der Waals surface area contributed by atoms with Crippen molar-refractivity contribution in [3.05, 3.63) is 127 Å². The maximum Gasteiger partial charge on any atom is 0.308 e. The quantitative estimate of drug-likeness (QED) is 0.182. The molecule has 0 aromatic heterocycles. The molecule has 0 amide bonds. The molecule has 0 atom stereocenters. The van der Waals surface area contributed by atoms with Crippen molar-refractivity contribution in [1.82, 2.24) is 0 Å². The Labute approximate surface area is 255 Å². The first-order chi connectivity index (χ1) is 20.5. The van der Waals surface area contributed by atoms with Crippen LogP contribution < -0.4 is 0 Å². The molecule has 0 unspecified atom stereocenters. The molecule has 0 fully saturated rings. The minimum atomic E-state index is -4.84. The lowest BCUT2D eigenvalue weighted by molar-refractivity contribution is 0.480. The molecular weight excluding hydrogens is 649 g/mol. The number of hydrogen-bond acceptors (Lipinski definition) is 8. The molecule has 1 aliphatic rings. The lowest BCUT2D eigenvalue weighted by atomic mass is 10.3. The Morgan fingerprint density at radius 3 is 1.35 bits per heavy atom. The zero-order valence-electron chi connectivity index (χ0n) is 22.0. The van der Waals surface area contributed by atoms with Crippen molar-refractivity contribution in [3.63, 3.8) is 0 Å². The second-order valence-electron chi connectivity index (χ2n) is 9.26. The van der Waals surface area contributed by atoms with E-state index in [9.17, 15) is 29.8 Å². The minimum absolute atomic E-state index is 0.228. The summed E-state index contributed by atoms with van der Waals surface area (Å²) in [5.41, 5.74) is 0. The highest BCUT2D eigenvalue weighted by Gasteiger charge is 2.42. The highest BCUT2D eigenvalue weighted by atomic mass is 32.3. The number of rotatable bonds is 7. The summed E-state index contributed by atoms with van der Waals surface area (Å²) >= 11 is 0.637. The summed E-state index contributed by atoms with van der Waals surface area (Å²) in [6.45, 7) is 0. The predicted octanol–water partition coefficient (Wildman–Crippen LogP) is 6.83. The fraction of sp³-hybridized carbons (Fsp3) is 0. The maximum atomic E-state index is 14.5. The van der Waals surface area contributed by atoms with Gasteiger partial charge in [-0.3, -0.25) is 4.55 Å². The molecule has 5 aromatic rings. The topological polar surface area (TPSA) is 132 Å². The maximum absolute atomic E-state index is 14.5. The Hall–Kier alpha value is -3.43. The SMILES string of the molecule is O=S(=O)(O)c1cccc2c1Sc1c(S(=O)(=O)OS(c3ccccc3)(c3ccccc3)c3ccccc3)cccc1S2(=O)=O. The fourth-order valence-corrected chi connectivity index (χ4v) is 14.9. The average molecular weight is 671 g/mol. The number of sulfone groups is 1. The molecule has 0 radical (unpaired) electrons. The number of hydrogen-bond donors (Lipinski definition) is 1. The summed E-state index contributed by atoms with van der Waals surface area (Å²) in [7, 11) is -17.0. The molecule has 1 N–H and O–H groups in total. The first-order valence-electron chi connectivity index (χ1n) is 12.6. The number of fused-ring (bicyclic) bond motifs is 2. The van der Waals surface area contributed by atoms with Gasteiger partial charge >= 0.3 is 10.1 Å². The molecular formula is C30H22O8S5. The minimum Gasteiger partial charge on any atom is -0.282 e. The Morgan fingerprint density at radius 2 is 0.930 bits per heavy atom. The summed E-state index contributed by atoms with van der Waals surface area (Å²) in [5, 5.41) is 0. The number of benzene rings is 5. The summed E-state index contributed by atoms with van der Waals surface area (Å²) in [5.74, 6) is 0. The molecule has 43 heavy (non-hydrogen) atoms. The van der Waals surface area contributed by atoms with Gasteiger partial charge in [-0.1, -0.05) is 78.5 Å². The summed E-state index contributed by atoms with van der Waals surface area (Å²) < 4.78 is 96.9. The molecule has 6 rings (SSSR count). The molecule has 8 nitrogen and oxygen atoms in total. The third-order valence-electron chi connectivity index (χ3n) is 6.63. The van der Waals surface area contributed by atoms with E-state index >= 15 is 0 Å². The van der Waals surface area contributed by atoms with Crippen LogP contribution >= 0.6 is 22.1 Å². The van der Waals surface area contributed by atoms with Crippen molar-refractivity contribution in [2.75, 3.05) is 0 Å². The van der Waals surface area contributed by atoms with Gasteiger partial charge in [0.1, 0.15) is 9.79 Å². The monoisotopic (exact) mass is 670 g/mol. The van der Waals surface area contributed by atoms with Crippen LogP contribution in [0.4, 0.5) is 0 Å². The van der Waals surface area contributed by atoms with Crippen LogP contribution in [0, 0.1) is 0 Å². The highest BCUT2D eigenvalue weighted by Crippen LogP contribution is 2.70. The smallest absolute Gasteiger partial charge is 0.282 e. The van der Waals surface area contributed by atoms with Gasteiger partial charge in [-0.25, -0.2) is 12.0 Å². The molecule has 0 saturated carbocycles. The van der Waals surface area contributed by atoms with Crippen LogP contribution in [0.15, 0.2) is 171 Å². The van der Waals surface area contributed by atoms with Crippen LogP contribution in [0.1, 0.15) is 0 Å². The van der Waals surface area contributed by atoms with Crippen LogP contribution in [0.3, 0.4) is 0 Å². The summed E-state index contributed by atoms with van der Waals surface area (Å²) in [6.07, 6.45) is 0. The van der Waals surface area contributed by atoms with Crippen molar-refractivity contribution in [2.24, 2.45) is 0 Å². The van der Waals surface area contributed by atoms with Crippen molar-refractivity contribution in [3.8, 4) is 0 Å². The van der Waals surface area contributed by atoms with Gasteiger partial charge in [0.2, 0.25) is 9.84 Å². The third kappa shape index (κ3) is 5.10. The molecule has 0 saturated heterocycles. The van der Waals surface area contributed by atoms with Gasteiger partial charge in [0.25, 0.3) is 10.1 Å². The second-order valence-corrected chi connectivity index (χ2v) is 18.0. The van der Waals surface area contributed by atoms with Gasteiger partial charge in [0.15, 0.2) is 0 Å². The van der Waals surface area contributed by atoms with Crippen molar-refractivity contribution < 1.29 is 33.4 Å². The average Bonchev–Trinajstić information content (AvgIpc) is 3.00. The molecule has 0 spiro atoms. The van der Waals surface area contributed by atoms with E-state index in [1.807, 2.05) is 0 Å². The highest BCUT2D eigenvalue weighted by molar-refractivity contribution is 8.33. The van der Waals surface area contributed by atoms with Gasteiger partial charge < -0.3 is 0 Å². The van der Waals surface area contributed by atoms with Crippen LogP contribution in [-0.2, 0) is 33.7 Å². The van der Waals surface area contributed by atoms with Gasteiger partial charge in [-0.05, 0) is 71.0 Å². The molecule has 0 aliphatic carbocycles. The molecule has 1 aliphatic heterocycles. The van der Waals surface area contributed by atoms with Crippen molar-refractivity contribution in [1.29, 1.82) is 0 Å². The third-order valence-corrected chi connectivity index (χ3v) is 16.4. The second kappa shape index (κ2) is 10.9. The van der Waals surface area contributed by atoms with Crippen LogP contribution in [0.5, 0.6) is 0 Å². The van der Waals surface area contributed by atoms with E-state index in [-0.39, 0.29) is 19.6 Å². The Morgan fingerprint density at radius 1 is 0.535 bits per heavy atom. The zero-order valence-corrected chi connectivity index (χ0v) is 26.1. The van der Waals surface area contributed by atoms with Crippen LogP contribution in [0.2, 0.25) is 0 Å². The Bertz CT molecular complexity index is 2070. The van der Waals surface area contributed by atoms with Crippen LogP contribution in [-0.4, -0.2) is 29.8 Å². The lowest BCUT2D eigenvalue weighted by Gasteiger charge is -2.39. The molecule has 5 aromatic carbocycles. The van der Waals surface area contributed by atoms with Crippen molar-refractivity contribution >= 4 is 52.1 Å². The zero-order chi connectivity index (χ0) is 30.5. The van der Waals surface area contributed by atoms with Crippen LogP contribution in [0.25, 0.3) is 0 Å². The Balaban J connectivity index is 1.61. The first-order valence-corrected chi connectivity index (χ1v) is 19.3. The molecule has 0 bridgehead atoms. The van der Waals surface area contributed by atoms with Gasteiger partial charge in [-0.15, -0.1) is 0 Å².